The van der Waals surface area contributed by atoms with E-state index in [1.807, 2.05) is 23.1 Å². The summed E-state index contributed by atoms with van der Waals surface area (Å²) in [4.78, 5) is 31.9. The van der Waals surface area contributed by atoms with Gasteiger partial charge in [-0.25, -0.2) is 10.9 Å². The number of anilines is 1. The number of carbonyl (C=O) groups excluding carboxylic acids is 2. The van der Waals surface area contributed by atoms with Gasteiger partial charge in [-0.2, -0.15) is 0 Å². The highest BCUT2D eigenvalue weighted by Crippen LogP contribution is 2.28. The Balaban J connectivity index is 1.28. The highest BCUT2D eigenvalue weighted by Gasteiger charge is 2.35. The fourth-order valence-electron chi connectivity index (χ4n) is 4.20. The molecule has 2 unspecified atom stereocenters. The monoisotopic (exact) mass is 439 g/mol. The molecular weight excluding hydrogens is 410 g/mol. The summed E-state index contributed by atoms with van der Waals surface area (Å²) in [6.45, 7) is 1.12. The van der Waals surface area contributed by atoms with E-state index in [4.69, 9.17) is 9.47 Å². The normalized spacial score (nSPS) is 21.2. The van der Waals surface area contributed by atoms with Gasteiger partial charge in [0.05, 0.1) is 26.0 Å². The van der Waals surface area contributed by atoms with E-state index in [-0.39, 0.29) is 29.8 Å². The molecule has 2 saturated heterocycles. The van der Waals surface area contributed by atoms with Crippen LogP contribution in [0.5, 0.6) is 11.5 Å². The molecule has 9 nitrogen and oxygen atoms in total. The number of nitrogens with one attached hydrogen (secondary N) is 3. The van der Waals surface area contributed by atoms with Crippen LogP contribution in [-0.4, -0.2) is 55.0 Å². The molecule has 3 N–H and O–H groups in total. The van der Waals surface area contributed by atoms with E-state index < -0.39 is 0 Å². The summed E-state index contributed by atoms with van der Waals surface area (Å²) in [5.74, 6) is 1.09. The van der Waals surface area contributed by atoms with Gasteiger partial charge in [0.15, 0.2) is 0 Å². The molecule has 2 aliphatic rings. The minimum absolute atomic E-state index is 0.00771. The van der Waals surface area contributed by atoms with Crippen molar-refractivity contribution in [2.24, 2.45) is 5.92 Å². The summed E-state index contributed by atoms with van der Waals surface area (Å²) in [5.41, 5.74) is 7.83. The van der Waals surface area contributed by atoms with Crippen LogP contribution >= 0.6 is 0 Å². The number of rotatable bonds is 6. The molecule has 9 heteroatoms. The van der Waals surface area contributed by atoms with Gasteiger partial charge in [0.1, 0.15) is 17.5 Å². The second kappa shape index (κ2) is 9.97. The number of piperidine rings is 1. The van der Waals surface area contributed by atoms with Gasteiger partial charge >= 0.3 is 0 Å². The fourth-order valence-corrected chi connectivity index (χ4v) is 4.20. The van der Waals surface area contributed by atoms with Crippen LogP contribution in [0.3, 0.4) is 0 Å². The lowest BCUT2D eigenvalue weighted by atomic mass is 9.95. The van der Waals surface area contributed by atoms with Crippen molar-refractivity contribution in [1.82, 2.24) is 20.7 Å². The fraction of sp³-hybridized carbons (Fsp3) is 0.435. The third kappa shape index (κ3) is 5.00. The Morgan fingerprint density at radius 3 is 2.41 bits per heavy atom. The molecule has 2 amide bonds. The van der Waals surface area contributed by atoms with E-state index in [9.17, 15) is 9.59 Å². The van der Waals surface area contributed by atoms with Crippen molar-refractivity contribution in [3.8, 4) is 11.5 Å². The van der Waals surface area contributed by atoms with Crippen LogP contribution in [-0.2, 0) is 9.59 Å². The Morgan fingerprint density at radius 1 is 1.06 bits per heavy atom. The molecule has 0 spiro atoms. The summed E-state index contributed by atoms with van der Waals surface area (Å²) in [6, 6.07) is 10.8. The van der Waals surface area contributed by atoms with Gasteiger partial charge in [0.2, 0.25) is 11.8 Å². The van der Waals surface area contributed by atoms with E-state index in [0.717, 1.165) is 5.69 Å². The summed E-state index contributed by atoms with van der Waals surface area (Å²) >= 11 is 0. The Labute approximate surface area is 187 Å². The van der Waals surface area contributed by atoms with Crippen molar-refractivity contribution in [2.75, 3.05) is 32.6 Å². The van der Waals surface area contributed by atoms with Crippen molar-refractivity contribution in [2.45, 2.75) is 31.3 Å². The van der Waals surface area contributed by atoms with Gasteiger partial charge in [-0.1, -0.05) is 6.07 Å². The van der Waals surface area contributed by atoms with Gasteiger partial charge in [-0.3, -0.25) is 14.6 Å². The average Bonchev–Trinajstić information content (AvgIpc) is 3.34. The summed E-state index contributed by atoms with van der Waals surface area (Å²) < 4.78 is 10.5. The molecule has 0 bridgehead atoms. The lowest BCUT2D eigenvalue weighted by Gasteiger charge is -2.32. The van der Waals surface area contributed by atoms with Crippen LogP contribution in [0, 0.1) is 5.92 Å². The number of pyridine rings is 1. The van der Waals surface area contributed by atoms with E-state index >= 15 is 0 Å². The molecule has 0 radical (unpaired) electrons. The van der Waals surface area contributed by atoms with E-state index in [1.165, 1.54) is 0 Å². The van der Waals surface area contributed by atoms with Crippen LogP contribution in [0.25, 0.3) is 0 Å². The zero-order chi connectivity index (χ0) is 22.5. The maximum Gasteiger partial charge on any atom is 0.241 e. The molecule has 2 aliphatic heterocycles. The number of hydrazine groups is 1. The molecule has 2 fully saturated rings. The largest absolute Gasteiger partial charge is 0.497 e. The highest BCUT2D eigenvalue weighted by atomic mass is 16.5. The van der Waals surface area contributed by atoms with Crippen LogP contribution in [0.4, 0.5) is 5.69 Å². The Hall–Kier alpha value is -3.17. The van der Waals surface area contributed by atoms with Gasteiger partial charge in [-0.05, 0) is 31.4 Å². The molecule has 1 aromatic heterocycles. The molecule has 3 heterocycles. The standard InChI is InChI=1S/C23H29N5O4/c1-31-17-11-16(12-18(13-17)32-2)25-22(29)15-6-9-28(10-7-15)23(30)21-14-20(26-27-21)19-5-3-4-8-24-19/h3-5,8,11-13,15,20-21,26-27H,6-7,9-10,14H2,1-2H3,(H,25,29). The van der Waals surface area contributed by atoms with Crippen LogP contribution in [0.2, 0.25) is 0 Å². The van der Waals surface area contributed by atoms with Crippen molar-refractivity contribution in [3.63, 3.8) is 0 Å². The average molecular weight is 440 g/mol. The summed E-state index contributed by atoms with van der Waals surface area (Å²) in [5, 5.41) is 2.95. The third-order valence-electron chi connectivity index (χ3n) is 6.04. The minimum Gasteiger partial charge on any atom is -0.497 e. The molecule has 0 aliphatic carbocycles. The maximum atomic E-state index is 13.0. The zero-order valence-electron chi connectivity index (χ0n) is 18.3. The van der Waals surface area contributed by atoms with Crippen LogP contribution < -0.4 is 25.6 Å². The van der Waals surface area contributed by atoms with Crippen LogP contribution in [0.15, 0.2) is 42.6 Å². The minimum atomic E-state index is -0.295. The van der Waals surface area contributed by atoms with Crippen molar-refractivity contribution < 1.29 is 19.1 Å². The number of likely N-dealkylation sites (tertiary alicyclic amines) is 1. The molecule has 2 aromatic rings. The quantitative estimate of drug-likeness (QED) is 0.631. The number of nitrogens with zero attached hydrogens (tertiary/aromatic N) is 2. The number of hydrogen-bond donors (Lipinski definition) is 3. The lowest BCUT2D eigenvalue weighted by molar-refractivity contribution is -0.136. The second-order valence-corrected chi connectivity index (χ2v) is 8.07. The van der Waals surface area contributed by atoms with Gasteiger partial charge in [0.25, 0.3) is 0 Å². The van der Waals surface area contributed by atoms with Gasteiger partial charge in [0, 0.05) is 49.1 Å². The van der Waals surface area contributed by atoms with E-state index in [2.05, 4.69) is 21.2 Å². The SMILES string of the molecule is COc1cc(NC(=O)C2CCN(C(=O)C3CC(c4ccccn4)NN3)CC2)cc(OC)c1. The van der Waals surface area contributed by atoms with Gasteiger partial charge in [-0.15, -0.1) is 0 Å². The molecule has 4 rings (SSSR count). The number of benzene rings is 1. The Morgan fingerprint density at radius 2 is 1.78 bits per heavy atom. The third-order valence-corrected chi connectivity index (χ3v) is 6.04. The summed E-state index contributed by atoms with van der Waals surface area (Å²) in [7, 11) is 3.14. The predicted molar refractivity (Wildman–Crippen MR) is 119 cm³/mol. The van der Waals surface area contributed by atoms with Gasteiger partial charge < -0.3 is 19.7 Å². The highest BCUT2D eigenvalue weighted by molar-refractivity contribution is 5.93. The first-order valence-corrected chi connectivity index (χ1v) is 10.8. The zero-order valence-corrected chi connectivity index (χ0v) is 18.3. The topological polar surface area (TPSA) is 105 Å². The first-order valence-electron chi connectivity index (χ1n) is 10.8. The molecule has 2 atom stereocenters. The Kier molecular flexibility index (Phi) is 6.87. The number of ether oxygens (including phenoxy) is 2. The number of amides is 2. The number of aromatic nitrogens is 1. The first kappa shape index (κ1) is 22.0. The van der Waals surface area contributed by atoms with Crippen molar-refractivity contribution in [3.05, 3.63) is 48.3 Å². The second-order valence-electron chi connectivity index (χ2n) is 8.07. The molecule has 170 valence electrons. The number of carbonyl (C=O) groups is 2. The van der Waals surface area contributed by atoms with Crippen molar-refractivity contribution in [1.29, 1.82) is 0 Å². The number of methoxy groups -OCH3 is 2. The van der Waals surface area contributed by atoms with Crippen LogP contribution in [0.1, 0.15) is 31.0 Å². The lowest BCUT2D eigenvalue weighted by Crippen LogP contribution is -2.49. The Bertz CT molecular complexity index is 924. The summed E-state index contributed by atoms with van der Waals surface area (Å²) in [6.07, 6.45) is 3.66. The smallest absolute Gasteiger partial charge is 0.241 e. The van der Waals surface area contributed by atoms with E-state index in [0.29, 0.717) is 49.5 Å². The number of hydrogen-bond acceptors (Lipinski definition) is 7. The first-order chi connectivity index (χ1) is 15.6. The molecule has 0 saturated carbocycles. The maximum absolute atomic E-state index is 13.0. The predicted octanol–water partition coefficient (Wildman–Crippen LogP) is 1.88. The molecular formula is C23H29N5O4. The van der Waals surface area contributed by atoms with E-state index in [1.54, 1.807) is 38.6 Å². The van der Waals surface area contributed by atoms with Crippen molar-refractivity contribution >= 4 is 17.5 Å². The molecule has 1 aromatic carbocycles. The molecule has 32 heavy (non-hydrogen) atoms.